The molecule has 0 bridgehead atoms. The van der Waals surface area contributed by atoms with Gasteiger partial charge in [0.05, 0.1) is 6.61 Å². The normalized spacial score (nSPS) is 18.1. The number of carboxylic acids is 1. The number of rotatable bonds is 6. The smallest absolute Gasteiger partial charge is 0.409 e. The second-order valence-corrected chi connectivity index (χ2v) is 4.28. The van der Waals surface area contributed by atoms with E-state index in [1.165, 1.54) is 0 Å². The molecular formula is C11H19NO4. The molecule has 0 aromatic carbocycles. The van der Waals surface area contributed by atoms with Gasteiger partial charge in [-0.25, -0.2) is 4.79 Å². The van der Waals surface area contributed by atoms with Crippen LogP contribution in [0, 0.1) is 5.92 Å². The summed E-state index contributed by atoms with van der Waals surface area (Å²) in [6, 6.07) is 0. The predicted molar refractivity (Wildman–Crippen MR) is 58.2 cm³/mol. The summed E-state index contributed by atoms with van der Waals surface area (Å²) in [5.74, 6) is -0.435. The number of carbonyl (C=O) groups excluding carboxylic acids is 1. The molecule has 1 unspecified atom stereocenters. The van der Waals surface area contributed by atoms with Crippen LogP contribution in [0.5, 0.6) is 0 Å². The van der Waals surface area contributed by atoms with Crippen LogP contribution >= 0.6 is 0 Å². The quantitative estimate of drug-likeness (QED) is 0.753. The lowest BCUT2D eigenvalue weighted by molar-refractivity contribution is -0.137. The number of carbonyl (C=O) groups is 2. The molecule has 0 radical (unpaired) electrons. The van der Waals surface area contributed by atoms with Crippen molar-refractivity contribution in [2.75, 3.05) is 19.7 Å². The molecule has 1 aliphatic heterocycles. The third kappa shape index (κ3) is 4.51. The zero-order valence-corrected chi connectivity index (χ0v) is 9.65. The van der Waals surface area contributed by atoms with Crippen molar-refractivity contribution in [3.05, 3.63) is 0 Å². The van der Waals surface area contributed by atoms with E-state index >= 15 is 0 Å². The molecule has 1 atom stereocenters. The Morgan fingerprint density at radius 1 is 1.56 bits per heavy atom. The Balaban J connectivity index is 2.17. The van der Waals surface area contributed by atoms with E-state index in [4.69, 9.17) is 9.84 Å². The second-order valence-electron chi connectivity index (χ2n) is 4.28. The first-order valence-corrected chi connectivity index (χ1v) is 5.73. The van der Waals surface area contributed by atoms with Crippen LogP contribution in [-0.2, 0) is 9.53 Å². The molecule has 16 heavy (non-hydrogen) atoms. The molecule has 1 amide bonds. The fraction of sp³-hybridized carbons (Fsp3) is 0.818. The van der Waals surface area contributed by atoms with Gasteiger partial charge in [0.25, 0.3) is 0 Å². The topological polar surface area (TPSA) is 66.8 Å². The lowest BCUT2D eigenvalue weighted by Gasteiger charge is -2.27. The molecule has 0 aromatic rings. The minimum absolute atomic E-state index is 0.200. The van der Waals surface area contributed by atoms with E-state index in [1.54, 1.807) is 4.90 Å². The highest BCUT2D eigenvalue weighted by molar-refractivity contribution is 5.68. The molecule has 1 N–H and O–H groups in total. The summed E-state index contributed by atoms with van der Waals surface area (Å²) in [6.07, 6.45) is 2.35. The minimum atomic E-state index is -0.760. The van der Waals surface area contributed by atoms with Gasteiger partial charge in [-0.2, -0.15) is 0 Å². The van der Waals surface area contributed by atoms with Gasteiger partial charge in [-0.1, -0.05) is 6.92 Å². The zero-order valence-electron chi connectivity index (χ0n) is 9.65. The van der Waals surface area contributed by atoms with E-state index in [-0.39, 0.29) is 12.5 Å². The summed E-state index contributed by atoms with van der Waals surface area (Å²) in [5.41, 5.74) is 0. The van der Waals surface area contributed by atoms with Crippen molar-refractivity contribution < 1.29 is 19.4 Å². The third-order valence-corrected chi connectivity index (χ3v) is 2.80. The maximum Gasteiger partial charge on any atom is 0.409 e. The third-order valence-electron chi connectivity index (χ3n) is 2.80. The molecule has 0 spiro atoms. The second kappa shape index (κ2) is 6.35. The number of amides is 1. The lowest BCUT2D eigenvalue weighted by Crippen LogP contribution is -2.38. The fourth-order valence-electron chi connectivity index (χ4n) is 1.69. The lowest BCUT2D eigenvalue weighted by atomic mass is 10.0. The van der Waals surface area contributed by atoms with Crippen LogP contribution in [0.1, 0.15) is 32.6 Å². The van der Waals surface area contributed by atoms with Crippen LogP contribution < -0.4 is 0 Å². The molecule has 0 aliphatic carbocycles. The molecule has 0 aromatic heterocycles. The molecule has 0 saturated carbocycles. The summed E-state index contributed by atoms with van der Waals surface area (Å²) < 4.78 is 4.91. The van der Waals surface area contributed by atoms with Crippen molar-refractivity contribution in [3.8, 4) is 0 Å². The van der Waals surface area contributed by atoms with Gasteiger partial charge >= 0.3 is 12.1 Å². The fourth-order valence-corrected chi connectivity index (χ4v) is 1.69. The predicted octanol–water partition coefficient (Wildman–Crippen LogP) is 1.72. The Bertz CT molecular complexity index is 254. The van der Waals surface area contributed by atoms with Crippen LogP contribution in [0.3, 0.4) is 0 Å². The molecule has 1 heterocycles. The van der Waals surface area contributed by atoms with Gasteiger partial charge in [0.1, 0.15) is 0 Å². The standard InChI is InChI=1S/C11H19NO4/c1-9(3-4-10(13)14)5-7-12-6-2-8-16-11(12)15/h9H,2-8H2,1H3,(H,13,14). The first-order chi connectivity index (χ1) is 7.59. The molecule has 1 fully saturated rings. The van der Waals surface area contributed by atoms with E-state index in [0.717, 1.165) is 19.4 Å². The van der Waals surface area contributed by atoms with Crippen molar-refractivity contribution >= 4 is 12.1 Å². The summed E-state index contributed by atoms with van der Waals surface area (Å²) in [7, 11) is 0. The van der Waals surface area contributed by atoms with Crippen molar-refractivity contribution in [1.82, 2.24) is 4.90 Å². The Hall–Kier alpha value is -1.26. The van der Waals surface area contributed by atoms with Gasteiger partial charge in [-0.3, -0.25) is 4.79 Å². The molecule has 5 nitrogen and oxygen atoms in total. The maximum atomic E-state index is 11.3. The van der Waals surface area contributed by atoms with Crippen LogP contribution in [0.15, 0.2) is 0 Å². The number of cyclic esters (lactones) is 1. The number of hydrogen-bond acceptors (Lipinski definition) is 3. The van der Waals surface area contributed by atoms with Crippen LogP contribution in [0.25, 0.3) is 0 Å². The van der Waals surface area contributed by atoms with E-state index < -0.39 is 5.97 Å². The summed E-state index contributed by atoms with van der Waals surface area (Å²) >= 11 is 0. The van der Waals surface area contributed by atoms with Gasteiger partial charge in [-0.05, 0) is 25.2 Å². The molecule has 92 valence electrons. The maximum absolute atomic E-state index is 11.3. The SMILES string of the molecule is CC(CCC(=O)O)CCN1CCCOC1=O. The number of aliphatic carboxylic acids is 1. The van der Waals surface area contributed by atoms with Crippen molar-refractivity contribution in [3.63, 3.8) is 0 Å². The Morgan fingerprint density at radius 3 is 2.94 bits per heavy atom. The average molecular weight is 229 g/mol. The summed E-state index contributed by atoms with van der Waals surface area (Å²) in [5, 5.41) is 8.54. The van der Waals surface area contributed by atoms with E-state index in [9.17, 15) is 9.59 Å². The van der Waals surface area contributed by atoms with E-state index in [1.807, 2.05) is 6.92 Å². The largest absolute Gasteiger partial charge is 0.481 e. The van der Waals surface area contributed by atoms with Crippen molar-refractivity contribution in [1.29, 1.82) is 0 Å². The Labute approximate surface area is 95.4 Å². The van der Waals surface area contributed by atoms with Gasteiger partial charge < -0.3 is 14.7 Å². The van der Waals surface area contributed by atoms with Crippen molar-refractivity contribution in [2.45, 2.75) is 32.6 Å². The molecule has 1 rings (SSSR count). The minimum Gasteiger partial charge on any atom is -0.481 e. The number of carboxylic acid groups (broad SMARTS) is 1. The molecule has 5 heteroatoms. The zero-order chi connectivity index (χ0) is 12.0. The highest BCUT2D eigenvalue weighted by Crippen LogP contribution is 2.13. The average Bonchev–Trinajstić information content (AvgIpc) is 2.25. The molecular weight excluding hydrogens is 210 g/mol. The number of ether oxygens (including phenoxy) is 1. The first-order valence-electron chi connectivity index (χ1n) is 5.73. The Kier molecular flexibility index (Phi) is 5.08. The molecule has 1 saturated heterocycles. The Morgan fingerprint density at radius 2 is 2.31 bits per heavy atom. The highest BCUT2D eigenvalue weighted by Gasteiger charge is 2.19. The van der Waals surface area contributed by atoms with Crippen LogP contribution in [0.2, 0.25) is 0 Å². The van der Waals surface area contributed by atoms with Gasteiger partial charge in [0, 0.05) is 19.5 Å². The van der Waals surface area contributed by atoms with Crippen molar-refractivity contribution in [2.24, 2.45) is 5.92 Å². The monoisotopic (exact) mass is 229 g/mol. The summed E-state index contributed by atoms with van der Waals surface area (Å²) in [6.45, 7) is 3.95. The van der Waals surface area contributed by atoms with Gasteiger partial charge in [-0.15, -0.1) is 0 Å². The van der Waals surface area contributed by atoms with Gasteiger partial charge in [0.15, 0.2) is 0 Å². The van der Waals surface area contributed by atoms with E-state index in [0.29, 0.717) is 25.5 Å². The molecule has 1 aliphatic rings. The first kappa shape index (κ1) is 12.8. The number of nitrogens with zero attached hydrogens (tertiary/aromatic N) is 1. The number of hydrogen-bond donors (Lipinski definition) is 1. The van der Waals surface area contributed by atoms with Crippen LogP contribution in [-0.4, -0.2) is 41.8 Å². The highest BCUT2D eigenvalue weighted by atomic mass is 16.6. The van der Waals surface area contributed by atoms with Gasteiger partial charge in [0.2, 0.25) is 0 Å². The summed E-state index contributed by atoms with van der Waals surface area (Å²) in [4.78, 5) is 23.4. The van der Waals surface area contributed by atoms with E-state index in [2.05, 4.69) is 0 Å². The van der Waals surface area contributed by atoms with Crippen LogP contribution in [0.4, 0.5) is 4.79 Å².